The van der Waals surface area contributed by atoms with Crippen molar-refractivity contribution in [1.82, 2.24) is 10.2 Å². The van der Waals surface area contributed by atoms with Gasteiger partial charge in [-0.3, -0.25) is 4.79 Å². The smallest absolute Gasteiger partial charge is 0.256 e. The molecule has 30 heavy (non-hydrogen) atoms. The fourth-order valence-corrected chi connectivity index (χ4v) is 5.87. The molecule has 1 aromatic carbocycles. The highest BCUT2D eigenvalue weighted by atomic mass is 16.3. The minimum atomic E-state index is -1.40. The standard InChI is InChI=1S/C26H38N2O2/c1-19(2)10-9-15-28-17-23-22(24(23)18-28)16-27-25(29)26(30,20-11-5-3-6-12-20)21-13-7-4-8-14-21/h3,5-6,10-12,21-24,30H,4,7-9,13-18H2,1-2H3,(H,27,29). The highest BCUT2D eigenvalue weighted by Gasteiger charge is 2.55. The SMILES string of the molecule is CC(C)=CCCN1CC2C(CNC(=O)C(O)(c3ccccc3)C3CCCCC3)C2C1. The number of hydrogen-bond acceptors (Lipinski definition) is 3. The Labute approximate surface area is 181 Å². The number of piperidine rings is 1. The maximum atomic E-state index is 13.3. The number of fused-ring (bicyclic) bond motifs is 1. The van der Waals surface area contributed by atoms with E-state index in [-0.39, 0.29) is 11.8 Å². The second kappa shape index (κ2) is 9.23. The van der Waals surface area contributed by atoms with Crippen molar-refractivity contribution < 1.29 is 9.90 Å². The number of rotatable bonds is 8. The first kappa shape index (κ1) is 21.6. The summed E-state index contributed by atoms with van der Waals surface area (Å²) in [6.45, 7) is 8.49. The Balaban J connectivity index is 1.32. The summed E-state index contributed by atoms with van der Waals surface area (Å²) in [6, 6.07) is 9.60. The van der Waals surface area contributed by atoms with Crippen LogP contribution in [0.2, 0.25) is 0 Å². The van der Waals surface area contributed by atoms with E-state index in [2.05, 4.69) is 30.1 Å². The summed E-state index contributed by atoms with van der Waals surface area (Å²) in [6.07, 6.45) is 8.71. The molecule has 1 aromatic rings. The van der Waals surface area contributed by atoms with Crippen LogP contribution in [0.3, 0.4) is 0 Å². The molecule has 3 unspecified atom stereocenters. The second-order valence-corrected chi connectivity index (χ2v) is 10.00. The number of carbonyl (C=O) groups excluding carboxylic acids is 1. The van der Waals surface area contributed by atoms with Crippen molar-refractivity contribution >= 4 is 5.91 Å². The third kappa shape index (κ3) is 4.50. The number of nitrogens with zero attached hydrogens (tertiary/aromatic N) is 1. The lowest BCUT2D eigenvalue weighted by atomic mass is 9.73. The second-order valence-electron chi connectivity index (χ2n) is 10.00. The molecular weight excluding hydrogens is 372 g/mol. The van der Waals surface area contributed by atoms with Gasteiger partial charge in [0.25, 0.3) is 5.91 Å². The van der Waals surface area contributed by atoms with Crippen molar-refractivity contribution in [3.63, 3.8) is 0 Å². The molecule has 3 aliphatic rings. The predicted octanol–water partition coefficient (Wildman–Crippen LogP) is 4.10. The van der Waals surface area contributed by atoms with Gasteiger partial charge in [0.1, 0.15) is 0 Å². The topological polar surface area (TPSA) is 52.6 Å². The molecule has 2 saturated carbocycles. The van der Waals surface area contributed by atoms with Gasteiger partial charge in [-0.25, -0.2) is 0 Å². The van der Waals surface area contributed by atoms with E-state index in [0.29, 0.717) is 12.5 Å². The van der Waals surface area contributed by atoms with E-state index in [9.17, 15) is 9.90 Å². The van der Waals surface area contributed by atoms with Crippen LogP contribution in [0.15, 0.2) is 42.0 Å². The summed E-state index contributed by atoms with van der Waals surface area (Å²) >= 11 is 0. The Bertz CT molecular complexity index is 740. The zero-order valence-corrected chi connectivity index (χ0v) is 18.6. The van der Waals surface area contributed by atoms with Crippen LogP contribution >= 0.6 is 0 Å². The third-order valence-corrected chi connectivity index (χ3v) is 7.70. The Morgan fingerprint density at radius 3 is 2.43 bits per heavy atom. The molecule has 4 heteroatoms. The van der Waals surface area contributed by atoms with E-state index in [1.165, 1.54) is 12.0 Å². The van der Waals surface area contributed by atoms with Crippen molar-refractivity contribution in [2.75, 3.05) is 26.2 Å². The number of amides is 1. The van der Waals surface area contributed by atoms with Gasteiger partial charge in [-0.2, -0.15) is 0 Å². The maximum absolute atomic E-state index is 13.3. The highest BCUT2D eigenvalue weighted by molar-refractivity contribution is 5.86. The predicted molar refractivity (Wildman–Crippen MR) is 121 cm³/mol. The number of hydrogen-bond donors (Lipinski definition) is 2. The van der Waals surface area contributed by atoms with E-state index in [1.807, 2.05) is 30.3 Å². The molecule has 4 nitrogen and oxygen atoms in total. The molecule has 1 aliphatic heterocycles. The fraction of sp³-hybridized carbons (Fsp3) is 0.654. The molecule has 2 aliphatic carbocycles. The van der Waals surface area contributed by atoms with Crippen molar-refractivity contribution in [2.45, 2.75) is 58.0 Å². The highest BCUT2D eigenvalue weighted by Crippen LogP contribution is 2.51. The fourth-order valence-electron chi connectivity index (χ4n) is 5.87. The van der Waals surface area contributed by atoms with Crippen LogP contribution in [0.4, 0.5) is 0 Å². The van der Waals surface area contributed by atoms with E-state index in [0.717, 1.165) is 69.1 Å². The molecule has 1 saturated heterocycles. The third-order valence-electron chi connectivity index (χ3n) is 7.70. The van der Waals surface area contributed by atoms with Crippen molar-refractivity contribution in [3.8, 4) is 0 Å². The lowest BCUT2D eigenvalue weighted by molar-refractivity contribution is -0.149. The number of nitrogens with one attached hydrogen (secondary N) is 1. The summed E-state index contributed by atoms with van der Waals surface area (Å²) in [4.78, 5) is 15.9. The quantitative estimate of drug-likeness (QED) is 0.634. The normalized spacial score (nSPS) is 28.4. The molecule has 4 rings (SSSR count). The molecule has 0 aromatic heterocycles. The van der Waals surface area contributed by atoms with E-state index in [1.54, 1.807) is 0 Å². The molecule has 0 radical (unpaired) electrons. The molecule has 3 fully saturated rings. The maximum Gasteiger partial charge on any atom is 0.256 e. The Morgan fingerprint density at radius 1 is 1.13 bits per heavy atom. The average Bonchev–Trinajstić information content (AvgIpc) is 3.22. The molecule has 3 atom stereocenters. The van der Waals surface area contributed by atoms with Crippen molar-refractivity contribution in [3.05, 3.63) is 47.5 Å². The first-order valence-corrected chi connectivity index (χ1v) is 11.9. The minimum absolute atomic E-state index is 0.0120. The van der Waals surface area contributed by atoms with Crippen LogP contribution < -0.4 is 5.32 Å². The number of likely N-dealkylation sites (tertiary alicyclic amines) is 1. The lowest BCUT2D eigenvalue weighted by Crippen LogP contribution is -2.50. The van der Waals surface area contributed by atoms with Gasteiger partial charge in [-0.15, -0.1) is 0 Å². The Kier molecular flexibility index (Phi) is 6.64. The molecular formula is C26H38N2O2. The van der Waals surface area contributed by atoms with Crippen LogP contribution in [0.1, 0.15) is 57.9 Å². The summed E-state index contributed by atoms with van der Waals surface area (Å²) in [5.41, 5.74) is 0.738. The number of aliphatic hydroxyl groups is 1. The van der Waals surface area contributed by atoms with Crippen LogP contribution in [-0.4, -0.2) is 42.1 Å². The molecule has 1 amide bonds. The largest absolute Gasteiger partial charge is 0.375 e. The zero-order valence-electron chi connectivity index (χ0n) is 18.6. The summed E-state index contributed by atoms with van der Waals surface area (Å²) in [5.74, 6) is 1.84. The Morgan fingerprint density at radius 2 is 1.80 bits per heavy atom. The molecule has 0 bridgehead atoms. The lowest BCUT2D eigenvalue weighted by Gasteiger charge is -2.37. The van der Waals surface area contributed by atoms with Crippen molar-refractivity contribution in [2.24, 2.45) is 23.7 Å². The zero-order chi connectivity index (χ0) is 21.1. The first-order valence-electron chi connectivity index (χ1n) is 11.9. The number of allylic oxidation sites excluding steroid dienone is 1. The van der Waals surface area contributed by atoms with Crippen LogP contribution in [-0.2, 0) is 10.4 Å². The van der Waals surface area contributed by atoms with E-state index >= 15 is 0 Å². The monoisotopic (exact) mass is 410 g/mol. The first-order chi connectivity index (χ1) is 14.5. The van der Waals surface area contributed by atoms with Gasteiger partial charge in [0.2, 0.25) is 0 Å². The Hall–Kier alpha value is -1.65. The van der Waals surface area contributed by atoms with Crippen molar-refractivity contribution in [1.29, 1.82) is 0 Å². The van der Waals surface area contributed by atoms with Crippen LogP contribution in [0.5, 0.6) is 0 Å². The molecule has 2 N–H and O–H groups in total. The summed E-state index contributed by atoms with van der Waals surface area (Å²) < 4.78 is 0. The summed E-state index contributed by atoms with van der Waals surface area (Å²) in [5, 5.41) is 14.8. The number of carbonyl (C=O) groups is 1. The molecule has 1 heterocycles. The van der Waals surface area contributed by atoms with Crippen LogP contribution in [0, 0.1) is 23.7 Å². The minimum Gasteiger partial charge on any atom is -0.375 e. The van der Waals surface area contributed by atoms with Gasteiger partial charge >= 0.3 is 0 Å². The van der Waals surface area contributed by atoms with Gasteiger partial charge in [0.15, 0.2) is 5.60 Å². The summed E-state index contributed by atoms with van der Waals surface area (Å²) in [7, 11) is 0. The van der Waals surface area contributed by atoms with Gasteiger partial charge in [-0.1, -0.05) is 61.2 Å². The van der Waals surface area contributed by atoms with E-state index < -0.39 is 5.60 Å². The molecule has 0 spiro atoms. The average molecular weight is 411 g/mol. The van der Waals surface area contributed by atoms with Crippen LogP contribution in [0.25, 0.3) is 0 Å². The van der Waals surface area contributed by atoms with Gasteiger partial charge in [0, 0.05) is 32.1 Å². The van der Waals surface area contributed by atoms with Gasteiger partial charge < -0.3 is 15.3 Å². The van der Waals surface area contributed by atoms with Gasteiger partial charge in [-0.05, 0) is 56.4 Å². The van der Waals surface area contributed by atoms with Gasteiger partial charge in [0.05, 0.1) is 0 Å². The van der Waals surface area contributed by atoms with E-state index in [4.69, 9.17) is 0 Å². The number of benzene rings is 1. The molecule has 164 valence electrons.